The van der Waals surface area contributed by atoms with Crippen molar-refractivity contribution in [3.8, 4) is 11.5 Å². The molecule has 3 rings (SSSR count). The van der Waals surface area contributed by atoms with E-state index in [2.05, 4.69) is 4.98 Å². The number of para-hydroxylation sites is 2. The molecule has 0 radical (unpaired) electrons. The Balaban J connectivity index is 2.02. The van der Waals surface area contributed by atoms with E-state index in [-0.39, 0.29) is 5.75 Å². The molecule has 0 unspecified atom stereocenters. The molecule has 0 aliphatic carbocycles. The third-order valence-corrected chi connectivity index (χ3v) is 2.93. The number of nitrogens with zero attached hydrogens (tertiary/aromatic N) is 2. The fourth-order valence-electron chi connectivity index (χ4n) is 1.99. The van der Waals surface area contributed by atoms with E-state index in [1.54, 1.807) is 6.07 Å². The van der Waals surface area contributed by atoms with E-state index in [0.29, 0.717) is 5.75 Å². The van der Waals surface area contributed by atoms with Crippen LogP contribution in [0.4, 0.5) is 10.1 Å². The maximum absolute atomic E-state index is 13.5. The number of rotatable bonds is 3. The average Bonchev–Trinajstić information content (AvgIpc) is 2.47. The first-order valence-electron chi connectivity index (χ1n) is 6.11. The SMILES string of the molecule is O=[N+]([O-])c1c(F)cccc1Oc1cnc2ccccc2c1. The third-order valence-electron chi connectivity index (χ3n) is 2.93. The second-order valence-electron chi connectivity index (χ2n) is 4.31. The van der Waals surface area contributed by atoms with Crippen LogP contribution in [0.15, 0.2) is 54.7 Å². The van der Waals surface area contributed by atoms with Crippen molar-refractivity contribution in [1.29, 1.82) is 0 Å². The number of benzene rings is 2. The lowest BCUT2D eigenvalue weighted by molar-refractivity contribution is -0.388. The number of nitro benzene ring substituents is 1. The predicted molar refractivity (Wildman–Crippen MR) is 74.9 cm³/mol. The third kappa shape index (κ3) is 2.51. The predicted octanol–water partition coefficient (Wildman–Crippen LogP) is 4.07. The van der Waals surface area contributed by atoms with E-state index in [1.807, 2.05) is 24.3 Å². The van der Waals surface area contributed by atoms with E-state index in [4.69, 9.17) is 4.74 Å². The quantitative estimate of drug-likeness (QED) is 0.537. The number of hydrogen-bond acceptors (Lipinski definition) is 4. The zero-order valence-electron chi connectivity index (χ0n) is 10.7. The van der Waals surface area contributed by atoms with Crippen LogP contribution in [-0.4, -0.2) is 9.91 Å². The topological polar surface area (TPSA) is 65.3 Å². The summed E-state index contributed by atoms with van der Waals surface area (Å²) in [6.45, 7) is 0. The van der Waals surface area contributed by atoms with E-state index < -0.39 is 16.4 Å². The molecule has 6 heteroatoms. The van der Waals surface area contributed by atoms with Crippen molar-refractivity contribution < 1.29 is 14.1 Å². The number of fused-ring (bicyclic) bond motifs is 1. The van der Waals surface area contributed by atoms with E-state index in [0.717, 1.165) is 17.0 Å². The van der Waals surface area contributed by atoms with Crippen LogP contribution in [0, 0.1) is 15.9 Å². The van der Waals surface area contributed by atoms with Crippen LogP contribution >= 0.6 is 0 Å². The number of pyridine rings is 1. The van der Waals surface area contributed by atoms with E-state index in [1.165, 1.54) is 18.3 Å². The van der Waals surface area contributed by atoms with Gasteiger partial charge in [-0.2, -0.15) is 4.39 Å². The molecule has 0 aliphatic heterocycles. The fourth-order valence-corrected chi connectivity index (χ4v) is 1.99. The second kappa shape index (κ2) is 5.16. The van der Waals surface area contributed by atoms with Gasteiger partial charge in [0.1, 0.15) is 5.75 Å². The summed E-state index contributed by atoms with van der Waals surface area (Å²) in [5.74, 6) is -0.786. The highest BCUT2D eigenvalue weighted by molar-refractivity contribution is 5.79. The van der Waals surface area contributed by atoms with Gasteiger partial charge in [-0.3, -0.25) is 15.1 Å². The Bertz CT molecular complexity index is 836. The molecule has 0 bridgehead atoms. The second-order valence-corrected chi connectivity index (χ2v) is 4.31. The summed E-state index contributed by atoms with van der Waals surface area (Å²) >= 11 is 0. The summed E-state index contributed by atoms with van der Waals surface area (Å²) in [4.78, 5) is 14.3. The Morgan fingerprint density at radius 3 is 2.76 bits per heavy atom. The molecule has 0 N–H and O–H groups in total. The zero-order chi connectivity index (χ0) is 14.8. The van der Waals surface area contributed by atoms with Crippen LogP contribution in [0.2, 0.25) is 0 Å². The number of aromatic nitrogens is 1. The highest BCUT2D eigenvalue weighted by atomic mass is 19.1. The molecule has 0 amide bonds. The average molecular weight is 284 g/mol. The van der Waals surface area contributed by atoms with Gasteiger partial charge in [0.05, 0.1) is 16.6 Å². The minimum atomic E-state index is -0.939. The van der Waals surface area contributed by atoms with Crippen molar-refractivity contribution in [2.45, 2.75) is 0 Å². The van der Waals surface area contributed by atoms with Crippen LogP contribution < -0.4 is 4.74 Å². The summed E-state index contributed by atoms with van der Waals surface area (Å²) in [5, 5.41) is 11.7. The minimum Gasteiger partial charge on any atom is -0.448 e. The van der Waals surface area contributed by atoms with Gasteiger partial charge >= 0.3 is 5.69 Å². The van der Waals surface area contributed by atoms with Crippen molar-refractivity contribution in [1.82, 2.24) is 4.98 Å². The number of ether oxygens (including phenoxy) is 1. The molecule has 0 spiro atoms. The summed E-state index contributed by atoms with van der Waals surface area (Å²) in [7, 11) is 0. The molecule has 0 aliphatic rings. The fraction of sp³-hybridized carbons (Fsp3) is 0. The van der Waals surface area contributed by atoms with Gasteiger partial charge in [0.25, 0.3) is 0 Å². The molecule has 0 atom stereocenters. The molecular formula is C15H9FN2O3. The molecule has 0 saturated heterocycles. The molecule has 3 aromatic rings. The molecule has 21 heavy (non-hydrogen) atoms. The van der Waals surface area contributed by atoms with Crippen LogP contribution in [-0.2, 0) is 0 Å². The number of nitro groups is 1. The summed E-state index contributed by atoms with van der Waals surface area (Å²) in [6.07, 6.45) is 1.44. The molecule has 104 valence electrons. The van der Waals surface area contributed by atoms with Crippen molar-refractivity contribution in [2.24, 2.45) is 0 Å². The maximum Gasteiger partial charge on any atom is 0.346 e. The molecule has 1 heterocycles. The van der Waals surface area contributed by atoms with Crippen LogP contribution in [0.5, 0.6) is 11.5 Å². The van der Waals surface area contributed by atoms with Gasteiger partial charge in [0.15, 0.2) is 0 Å². The lowest BCUT2D eigenvalue weighted by atomic mass is 10.2. The Labute approximate surface area is 118 Å². The molecular weight excluding hydrogens is 275 g/mol. The van der Waals surface area contributed by atoms with Crippen LogP contribution in [0.25, 0.3) is 10.9 Å². The Morgan fingerprint density at radius 2 is 1.95 bits per heavy atom. The van der Waals surface area contributed by atoms with Gasteiger partial charge in [-0.25, -0.2) is 0 Å². The lowest BCUT2D eigenvalue weighted by Crippen LogP contribution is -1.96. The molecule has 2 aromatic carbocycles. The van der Waals surface area contributed by atoms with Crippen LogP contribution in [0.1, 0.15) is 0 Å². The Hall–Kier alpha value is -3.02. The molecule has 0 saturated carbocycles. The maximum atomic E-state index is 13.5. The summed E-state index contributed by atoms with van der Waals surface area (Å²) in [6, 6.07) is 12.8. The number of hydrogen-bond donors (Lipinski definition) is 0. The lowest BCUT2D eigenvalue weighted by Gasteiger charge is -2.07. The minimum absolute atomic E-state index is 0.155. The first-order valence-corrected chi connectivity index (χ1v) is 6.11. The molecule has 1 aromatic heterocycles. The first kappa shape index (κ1) is 13.0. The van der Waals surface area contributed by atoms with E-state index in [9.17, 15) is 14.5 Å². The van der Waals surface area contributed by atoms with Gasteiger partial charge in [-0.1, -0.05) is 24.3 Å². The van der Waals surface area contributed by atoms with Crippen molar-refractivity contribution in [3.05, 3.63) is 70.7 Å². The monoisotopic (exact) mass is 284 g/mol. The van der Waals surface area contributed by atoms with Crippen molar-refractivity contribution in [2.75, 3.05) is 0 Å². The van der Waals surface area contributed by atoms with E-state index >= 15 is 0 Å². The normalized spacial score (nSPS) is 10.5. The summed E-state index contributed by atoms with van der Waals surface area (Å²) in [5.41, 5.74) is 0.0873. The zero-order valence-corrected chi connectivity index (χ0v) is 10.7. The standard InChI is InChI=1S/C15H9FN2O3/c16-12-5-3-7-14(15(12)18(19)20)21-11-8-10-4-1-2-6-13(10)17-9-11/h1-9H. The smallest absolute Gasteiger partial charge is 0.346 e. The van der Waals surface area contributed by atoms with Gasteiger partial charge in [-0.15, -0.1) is 0 Å². The van der Waals surface area contributed by atoms with Gasteiger partial charge < -0.3 is 4.74 Å². The van der Waals surface area contributed by atoms with Crippen molar-refractivity contribution in [3.63, 3.8) is 0 Å². The van der Waals surface area contributed by atoms with Crippen LogP contribution in [0.3, 0.4) is 0 Å². The first-order chi connectivity index (χ1) is 10.1. The highest BCUT2D eigenvalue weighted by Crippen LogP contribution is 2.33. The summed E-state index contributed by atoms with van der Waals surface area (Å²) < 4.78 is 18.9. The number of halogens is 1. The van der Waals surface area contributed by atoms with Crippen molar-refractivity contribution >= 4 is 16.6 Å². The Morgan fingerprint density at radius 1 is 1.14 bits per heavy atom. The van der Waals surface area contributed by atoms with Gasteiger partial charge in [0, 0.05) is 5.39 Å². The molecule has 0 fully saturated rings. The Kier molecular flexibility index (Phi) is 3.19. The van der Waals surface area contributed by atoms with Gasteiger partial charge in [-0.05, 0) is 24.3 Å². The van der Waals surface area contributed by atoms with Gasteiger partial charge in [0.2, 0.25) is 11.6 Å². The molecule has 5 nitrogen and oxygen atoms in total. The highest BCUT2D eigenvalue weighted by Gasteiger charge is 2.21. The largest absolute Gasteiger partial charge is 0.448 e.